The van der Waals surface area contributed by atoms with Gasteiger partial charge in [-0.15, -0.1) is 0 Å². The third-order valence-electron chi connectivity index (χ3n) is 4.21. The quantitative estimate of drug-likeness (QED) is 0.613. The van der Waals surface area contributed by atoms with Gasteiger partial charge in [0.15, 0.2) is 0 Å². The van der Waals surface area contributed by atoms with Crippen LogP contribution in [0.3, 0.4) is 0 Å². The van der Waals surface area contributed by atoms with Crippen LogP contribution >= 0.6 is 0 Å². The van der Waals surface area contributed by atoms with Crippen molar-refractivity contribution < 1.29 is 17.5 Å². The van der Waals surface area contributed by atoms with Gasteiger partial charge in [0, 0.05) is 6.54 Å². The highest BCUT2D eigenvalue weighted by molar-refractivity contribution is 7.89. The van der Waals surface area contributed by atoms with Crippen LogP contribution in [0.4, 0.5) is 4.39 Å². The molecule has 0 atom stereocenters. The molecule has 3 aromatic rings. The van der Waals surface area contributed by atoms with Gasteiger partial charge in [0.2, 0.25) is 10.0 Å². The minimum Gasteiger partial charge on any atom is -0.372 e. The standard InChI is InChI=1S/C22H22FNO3S/c1-17-10-11-21(23)22(12-17)28(25,26)24-14-19-8-5-9-20(13-19)16-27-15-18-6-3-2-4-7-18/h2-13,24H,14-16H2,1H3. The van der Waals surface area contributed by atoms with Gasteiger partial charge < -0.3 is 4.74 Å². The Morgan fingerprint density at radius 3 is 2.32 bits per heavy atom. The molecule has 4 nitrogen and oxygen atoms in total. The zero-order valence-electron chi connectivity index (χ0n) is 15.6. The molecule has 0 unspecified atom stereocenters. The van der Waals surface area contributed by atoms with Crippen molar-refractivity contribution in [2.45, 2.75) is 31.6 Å². The average molecular weight is 399 g/mol. The lowest BCUT2D eigenvalue weighted by atomic mass is 10.1. The molecule has 0 aliphatic heterocycles. The molecule has 0 fully saturated rings. The van der Waals surface area contributed by atoms with Crippen LogP contribution in [0.2, 0.25) is 0 Å². The number of hydrogen-bond acceptors (Lipinski definition) is 3. The Bertz CT molecular complexity index is 1040. The van der Waals surface area contributed by atoms with E-state index < -0.39 is 15.8 Å². The second-order valence-corrected chi connectivity index (χ2v) is 8.29. The number of rotatable bonds is 8. The first-order valence-electron chi connectivity index (χ1n) is 8.89. The molecule has 0 spiro atoms. The molecule has 28 heavy (non-hydrogen) atoms. The fourth-order valence-electron chi connectivity index (χ4n) is 2.76. The van der Waals surface area contributed by atoms with Gasteiger partial charge >= 0.3 is 0 Å². The molecule has 0 aliphatic carbocycles. The van der Waals surface area contributed by atoms with Crippen LogP contribution in [0.5, 0.6) is 0 Å². The number of sulfonamides is 1. The van der Waals surface area contributed by atoms with E-state index in [0.717, 1.165) is 22.8 Å². The number of halogens is 1. The highest BCUT2D eigenvalue weighted by Gasteiger charge is 2.18. The molecule has 1 N–H and O–H groups in total. The van der Waals surface area contributed by atoms with Gasteiger partial charge in [-0.1, -0.05) is 60.7 Å². The van der Waals surface area contributed by atoms with Gasteiger partial charge in [0.05, 0.1) is 13.2 Å². The zero-order valence-corrected chi connectivity index (χ0v) is 16.4. The summed E-state index contributed by atoms with van der Waals surface area (Å²) in [5, 5.41) is 0. The molecular formula is C22H22FNO3S. The summed E-state index contributed by atoms with van der Waals surface area (Å²) in [4.78, 5) is -0.338. The zero-order chi connectivity index (χ0) is 20.0. The van der Waals surface area contributed by atoms with Crippen LogP contribution in [-0.2, 0) is 34.5 Å². The van der Waals surface area contributed by atoms with E-state index in [9.17, 15) is 12.8 Å². The van der Waals surface area contributed by atoms with Crippen LogP contribution < -0.4 is 4.72 Å². The van der Waals surface area contributed by atoms with Gasteiger partial charge in [-0.3, -0.25) is 0 Å². The second-order valence-electron chi connectivity index (χ2n) is 6.56. The molecule has 3 aromatic carbocycles. The second kappa shape index (κ2) is 9.10. The van der Waals surface area contributed by atoms with E-state index in [4.69, 9.17) is 4.74 Å². The van der Waals surface area contributed by atoms with Crippen LogP contribution in [0.15, 0.2) is 77.7 Å². The minimum absolute atomic E-state index is 0.0717. The Morgan fingerprint density at radius 1 is 0.857 bits per heavy atom. The van der Waals surface area contributed by atoms with E-state index in [1.54, 1.807) is 6.92 Å². The van der Waals surface area contributed by atoms with Crippen LogP contribution in [0.25, 0.3) is 0 Å². The minimum atomic E-state index is -3.93. The Hall–Kier alpha value is -2.54. The highest BCUT2D eigenvalue weighted by atomic mass is 32.2. The van der Waals surface area contributed by atoms with E-state index in [1.165, 1.54) is 12.1 Å². The molecule has 0 aromatic heterocycles. The molecule has 0 amide bonds. The molecule has 0 saturated carbocycles. The molecule has 3 rings (SSSR count). The van der Waals surface area contributed by atoms with Gasteiger partial charge in [0.25, 0.3) is 0 Å². The lowest BCUT2D eigenvalue weighted by Gasteiger charge is -2.10. The summed E-state index contributed by atoms with van der Waals surface area (Å²) >= 11 is 0. The Labute approximate surface area is 165 Å². The summed E-state index contributed by atoms with van der Waals surface area (Å²) in [6, 6.07) is 21.3. The van der Waals surface area contributed by atoms with Crippen molar-refractivity contribution in [1.29, 1.82) is 0 Å². The van der Waals surface area contributed by atoms with Crippen molar-refractivity contribution in [3.8, 4) is 0 Å². The van der Waals surface area contributed by atoms with E-state index in [1.807, 2.05) is 54.6 Å². The highest BCUT2D eigenvalue weighted by Crippen LogP contribution is 2.17. The molecule has 0 bridgehead atoms. The molecule has 0 heterocycles. The topological polar surface area (TPSA) is 55.4 Å². The fourth-order valence-corrected chi connectivity index (χ4v) is 3.94. The molecule has 0 aliphatic rings. The normalized spacial score (nSPS) is 11.5. The largest absolute Gasteiger partial charge is 0.372 e. The smallest absolute Gasteiger partial charge is 0.243 e. The lowest BCUT2D eigenvalue weighted by Crippen LogP contribution is -2.24. The van der Waals surface area contributed by atoms with Crippen molar-refractivity contribution in [3.05, 3.63) is 101 Å². The van der Waals surface area contributed by atoms with Gasteiger partial charge in [-0.25, -0.2) is 17.5 Å². The van der Waals surface area contributed by atoms with Crippen LogP contribution in [-0.4, -0.2) is 8.42 Å². The molecule has 146 valence electrons. The Kier molecular flexibility index (Phi) is 6.57. The monoisotopic (exact) mass is 399 g/mol. The number of hydrogen-bond donors (Lipinski definition) is 1. The average Bonchev–Trinajstić information content (AvgIpc) is 2.69. The molecular weight excluding hydrogens is 377 g/mol. The van der Waals surface area contributed by atoms with E-state index in [0.29, 0.717) is 18.8 Å². The third-order valence-corrected chi connectivity index (χ3v) is 5.63. The van der Waals surface area contributed by atoms with Crippen molar-refractivity contribution in [2.24, 2.45) is 0 Å². The predicted molar refractivity (Wildman–Crippen MR) is 107 cm³/mol. The van der Waals surface area contributed by atoms with Gasteiger partial charge in [0.1, 0.15) is 10.7 Å². The summed E-state index contributed by atoms with van der Waals surface area (Å²) in [7, 11) is -3.93. The Morgan fingerprint density at radius 2 is 1.54 bits per heavy atom. The fraction of sp³-hybridized carbons (Fsp3) is 0.182. The summed E-state index contributed by atoms with van der Waals surface area (Å²) in [6.07, 6.45) is 0. The van der Waals surface area contributed by atoms with E-state index in [2.05, 4.69) is 4.72 Å². The number of benzene rings is 3. The first kappa shape index (κ1) is 20.2. The van der Waals surface area contributed by atoms with Gasteiger partial charge in [-0.05, 0) is 41.3 Å². The SMILES string of the molecule is Cc1ccc(F)c(S(=O)(=O)NCc2cccc(COCc3ccccc3)c2)c1. The molecule has 0 radical (unpaired) electrons. The molecule has 6 heteroatoms. The van der Waals surface area contributed by atoms with Crippen molar-refractivity contribution in [1.82, 2.24) is 4.72 Å². The number of ether oxygens (including phenoxy) is 1. The number of nitrogens with one attached hydrogen (secondary N) is 1. The van der Waals surface area contributed by atoms with E-state index >= 15 is 0 Å². The Balaban J connectivity index is 1.60. The lowest BCUT2D eigenvalue weighted by molar-refractivity contribution is 0.107. The van der Waals surface area contributed by atoms with E-state index in [-0.39, 0.29) is 11.4 Å². The predicted octanol–water partition coefficient (Wildman–Crippen LogP) is 4.33. The summed E-state index contributed by atoms with van der Waals surface area (Å²) in [5.41, 5.74) is 3.48. The van der Waals surface area contributed by atoms with Crippen molar-refractivity contribution >= 4 is 10.0 Å². The van der Waals surface area contributed by atoms with Crippen LogP contribution in [0, 0.1) is 12.7 Å². The van der Waals surface area contributed by atoms with Crippen molar-refractivity contribution in [2.75, 3.05) is 0 Å². The summed E-state index contributed by atoms with van der Waals surface area (Å²) in [5.74, 6) is -0.763. The molecule has 0 saturated heterocycles. The number of aryl methyl sites for hydroxylation is 1. The third kappa shape index (κ3) is 5.48. The maximum absolute atomic E-state index is 13.9. The summed E-state index contributed by atoms with van der Waals surface area (Å²) in [6.45, 7) is 2.71. The maximum atomic E-state index is 13.9. The van der Waals surface area contributed by atoms with Crippen molar-refractivity contribution in [3.63, 3.8) is 0 Å². The summed E-state index contributed by atoms with van der Waals surface area (Å²) < 4.78 is 46.9. The van der Waals surface area contributed by atoms with Crippen LogP contribution in [0.1, 0.15) is 22.3 Å². The maximum Gasteiger partial charge on any atom is 0.243 e. The first-order chi connectivity index (χ1) is 13.4. The van der Waals surface area contributed by atoms with Gasteiger partial charge in [-0.2, -0.15) is 0 Å². The first-order valence-corrected chi connectivity index (χ1v) is 10.4.